The number of hydrogen-bond donors (Lipinski definition) is 1. The molecule has 5 nitrogen and oxygen atoms in total. The first kappa shape index (κ1) is 14.6. The van der Waals surface area contributed by atoms with Crippen LogP contribution in [0, 0.1) is 0 Å². The third kappa shape index (κ3) is 3.19. The summed E-state index contributed by atoms with van der Waals surface area (Å²) in [5.74, 6) is -1.31. The van der Waals surface area contributed by atoms with Crippen molar-refractivity contribution >= 4 is 23.1 Å². The number of anilines is 2. The van der Waals surface area contributed by atoms with E-state index >= 15 is 0 Å². The number of aromatic nitrogens is 4. The fraction of sp³-hybridized carbons (Fsp3) is 0.364. The van der Waals surface area contributed by atoms with Gasteiger partial charge in [0.1, 0.15) is 11.0 Å². The molecular formula is C11H11ClF3N5. The molecule has 2 heterocycles. The lowest BCUT2D eigenvalue weighted by molar-refractivity contribution is -0.144. The van der Waals surface area contributed by atoms with Gasteiger partial charge in [-0.3, -0.25) is 4.68 Å². The van der Waals surface area contributed by atoms with Crippen molar-refractivity contribution < 1.29 is 13.2 Å². The first-order valence-electron chi connectivity index (χ1n) is 5.71. The summed E-state index contributed by atoms with van der Waals surface area (Å²) in [6, 6.07) is 1.23. The quantitative estimate of drug-likeness (QED) is 0.885. The van der Waals surface area contributed by atoms with Gasteiger partial charge in [0.2, 0.25) is 5.82 Å². The van der Waals surface area contributed by atoms with Crippen LogP contribution in [0.1, 0.15) is 18.4 Å². The SMILES string of the molecule is CCc1nn(C)cc1Nc1cc(Cl)nc(C(F)(F)F)n1. The van der Waals surface area contributed by atoms with Gasteiger partial charge in [0, 0.05) is 19.3 Å². The van der Waals surface area contributed by atoms with Crippen molar-refractivity contribution in [2.24, 2.45) is 7.05 Å². The second kappa shape index (κ2) is 5.28. The lowest BCUT2D eigenvalue weighted by Gasteiger charge is -2.09. The van der Waals surface area contributed by atoms with E-state index in [1.807, 2.05) is 6.92 Å². The van der Waals surface area contributed by atoms with Crippen molar-refractivity contribution in [3.05, 3.63) is 28.9 Å². The van der Waals surface area contributed by atoms with Crippen LogP contribution in [-0.2, 0) is 19.6 Å². The summed E-state index contributed by atoms with van der Waals surface area (Å²) in [5, 5.41) is 6.67. The number of aryl methyl sites for hydroxylation is 2. The zero-order valence-electron chi connectivity index (χ0n) is 10.7. The zero-order chi connectivity index (χ0) is 14.9. The van der Waals surface area contributed by atoms with Crippen LogP contribution in [0.25, 0.3) is 0 Å². The summed E-state index contributed by atoms with van der Waals surface area (Å²) < 4.78 is 39.4. The standard InChI is InChI=1S/C11H11ClF3N5/c1-3-6-7(5-20(2)19-6)16-9-4-8(12)17-10(18-9)11(13,14)15/h4-5H,3H2,1-2H3,(H,16,17,18). The van der Waals surface area contributed by atoms with Crippen molar-refractivity contribution in [1.82, 2.24) is 19.7 Å². The van der Waals surface area contributed by atoms with E-state index in [1.165, 1.54) is 6.07 Å². The Morgan fingerprint density at radius 1 is 1.35 bits per heavy atom. The highest BCUT2D eigenvalue weighted by Crippen LogP contribution is 2.29. The topological polar surface area (TPSA) is 55.6 Å². The molecule has 0 unspecified atom stereocenters. The lowest BCUT2D eigenvalue weighted by atomic mass is 10.3. The molecule has 108 valence electrons. The van der Waals surface area contributed by atoms with Crippen molar-refractivity contribution in [2.45, 2.75) is 19.5 Å². The third-order valence-corrected chi connectivity index (χ3v) is 2.64. The van der Waals surface area contributed by atoms with Crippen LogP contribution >= 0.6 is 11.6 Å². The molecule has 0 aliphatic carbocycles. The molecule has 0 saturated carbocycles. The summed E-state index contributed by atoms with van der Waals surface area (Å²) in [5.41, 5.74) is 1.30. The highest BCUT2D eigenvalue weighted by atomic mass is 35.5. The molecular weight excluding hydrogens is 295 g/mol. The minimum absolute atomic E-state index is 0.0278. The van der Waals surface area contributed by atoms with Gasteiger partial charge in [0.15, 0.2) is 0 Å². The second-order valence-electron chi connectivity index (χ2n) is 4.04. The number of nitrogens with zero attached hydrogens (tertiary/aromatic N) is 4. The van der Waals surface area contributed by atoms with Crippen molar-refractivity contribution in [2.75, 3.05) is 5.32 Å². The Morgan fingerprint density at radius 3 is 2.65 bits per heavy atom. The first-order valence-corrected chi connectivity index (χ1v) is 6.08. The molecule has 0 bridgehead atoms. The predicted octanol–water partition coefficient (Wildman–Crippen LogP) is 3.19. The highest BCUT2D eigenvalue weighted by Gasteiger charge is 2.35. The largest absolute Gasteiger partial charge is 0.451 e. The summed E-state index contributed by atoms with van der Waals surface area (Å²) in [7, 11) is 1.72. The second-order valence-corrected chi connectivity index (χ2v) is 4.43. The molecule has 0 aromatic carbocycles. The number of halogens is 4. The van der Waals surface area contributed by atoms with Gasteiger partial charge in [-0.05, 0) is 6.42 Å². The van der Waals surface area contributed by atoms with Gasteiger partial charge in [-0.2, -0.15) is 18.3 Å². The Bertz CT molecular complexity index is 623. The smallest absolute Gasteiger partial charge is 0.337 e. The third-order valence-electron chi connectivity index (χ3n) is 2.45. The molecule has 1 N–H and O–H groups in total. The molecule has 0 atom stereocenters. The molecule has 2 aromatic rings. The normalized spacial score (nSPS) is 11.7. The Balaban J connectivity index is 2.36. The molecule has 0 saturated heterocycles. The average molecular weight is 306 g/mol. The molecule has 0 amide bonds. The lowest BCUT2D eigenvalue weighted by Crippen LogP contribution is -2.12. The Hall–Kier alpha value is -1.83. The molecule has 0 spiro atoms. The van der Waals surface area contributed by atoms with Crippen LogP contribution in [0.3, 0.4) is 0 Å². The number of alkyl halides is 3. The van der Waals surface area contributed by atoms with Crippen LogP contribution in [-0.4, -0.2) is 19.7 Å². The van der Waals surface area contributed by atoms with E-state index in [-0.39, 0.29) is 11.0 Å². The summed E-state index contributed by atoms with van der Waals surface area (Å²) >= 11 is 5.59. The minimum Gasteiger partial charge on any atom is -0.337 e. The maximum Gasteiger partial charge on any atom is 0.451 e. The molecule has 9 heteroatoms. The maximum absolute atomic E-state index is 12.6. The number of nitrogens with one attached hydrogen (secondary N) is 1. The summed E-state index contributed by atoms with van der Waals surface area (Å²) in [6.45, 7) is 1.89. The molecule has 2 aromatic heterocycles. The van der Waals surface area contributed by atoms with Crippen molar-refractivity contribution in [3.63, 3.8) is 0 Å². The van der Waals surface area contributed by atoms with Gasteiger partial charge in [-0.15, -0.1) is 0 Å². The summed E-state index contributed by atoms with van der Waals surface area (Å²) in [4.78, 5) is 6.58. The summed E-state index contributed by atoms with van der Waals surface area (Å²) in [6.07, 6.45) is -2.36. The average Bonchev–Trinajstić information content (AvgIpc) is 2.67. The van der Waals surface area contributed by atoms with E-state index in [0.29, 0.717) is 12.1 Å². The minimum atomic E-state index is -4.65. The van der Waals surface area contributed by atoms with E-state index in [0.717, 1.165) is 5.69 Å². The van der Waals surface area contributed by atoms with Crippen LogP contribution in [0.4, 0.5) is 24.7 Å². The molecule has 0 fully saturated rings. The molecule has 0 aliphatic rings. The maximum atomic E-state index is 12.6. The Labute approximate surface area is 117 Å². The Morgan fingerprint density at radius 2 is 2.05 bits per heavy atom. The van der Waals surface area contributed by atoms with E-state index in [2.05, 4.69) is 20.4 Å². The van der Waals surface area contributed by atoms with Crippen molar-refractivity contribution in [1.29, 1.82) is 0 Å². The van der Waals surface area contributed by atoms with E-state index in [4.69, 9.17) is 11.6 Å². The molecule has 0 radical (unpaired) electrons. The van der Waals surface area contributed by atoms with Gasteiger partial charge < -0.3 is 5.32 Å². The Kier molecular flexibility index (Phi) is 3.85. The van der Waals surface area contributed by atoms with Crippen LogP contribution in [0.5, 0.6) is 0 Å². The van der Waals surface area contributed by atoms with E-state index in [1.54, 1.807) is 17.9 Å². The first-order chi connectivity index (χ1) is 9.29. The number of hydrogen-bond acceptors (Lipinski definition) is 4. The highest BCUT2D eigenvalue weighted by molar-refractivity contribution is 6.29. The fourth-order valence-corrected chi connectivity index (χ4v) is 1.83. The molecule has 0 aliphatic heterocycles. The molecule has 2 rings (SSSR count). The van der Waals surface area contributed by atoms with E-state index < -0.39 is 12.0 Å². The van der Waals surface area contributed by atoms with Crippen LogP contribution in [0.15, 0.2) is 12.3 Å². The van der Waals surface area contributed by atoms with Crippen LogP contribution in [0.2, 0.25) is 5.15 Å². The fourth-order valence-electron chi connectivity index (χ4n) is 1.65. The zero-order valence-corrected chi connectivity index (χ0v) is 11.4. The van der Waals surface area contributed by atoms with Gasteiger partial charge >= 0.3 is 6.18 Å². The van der Waals surface area contributed by atoms with Crippen LogP contribution < -0.4 is 5.32 Å². The number of rotatable bonds is 3. The van der Waals surface area contributed by atoms with Gasteiger partial charge in [0.05, 0.1) is 11.4 Å². The van der Waals surface area contributed by atoms with Gasteiger partial charge in [-0.25, -0.2) is 9.97 Å². The monoisotopic (exact) mass is 305 g/mol. The van der Waals surface area contributed by atoms with Gasteiger partial charge in [0.25, 0.3) is 0 Å². The predicted molar refractivity (Wildman–Crippen MR) is 67.9 cm³/mol. The van der Waals surface area contributed by atoms with E-state index in [9.17, 15) is 13.2 Å². The molecule has 20 heavy (non-hydrogen) atoms. The van der Waals surface area contributed by atoms with Crippen molar-refractivity contribution in [3.8, 4) is 0 Å². The van der Waals surface area contributed by atoms with Gasteiger partial charge in [-0.1, -0.05) is 18.5 Å².